The molecule has 0 unspecified atom stereocenters. The van der Waals surface area contributed by atoms with Gasteiger partial charge in [0, 0.05) is 25.5 Å². The Morgan fingerprint density at radius 3 is 2.88 bits per heavy atom. The van der Waals surface area contributed by atoms with Crippen molar-refractivity contribution >= 4 is 23.5 Å². The molecule has 16 heavy (non-hydrogen) atoms. The summed E-state index contributed by atoms with van der Waals surface area (Å²) in [4.78, 5) is 12.1. The van der Waals surface area contributed by atoms with Crippen LogP contribution in [-0.2, 0) is 7.05 Å². The van der Waals surface area contributed by atoms with Crippen LogP contribution in [0, 0.1) is 0 Å². The van der Waals surface area contributed by atoms with Crippen molar-refractivity contribution in [2.45, 2.75) is 10.2 Å². The second-order valence-corrected chi connectivity index (χ2v) is 4.00. The Bertz CT molecular complexity index is 495. The fourth-order valence-corrected chi connectivity index (χ4v) is 1.93. The van der Waals surface area contributed by atoms with Crippen LogP contribution in [0.4, 0.5) is 11.8 Å². The average Bonchev–Trinajstić information content (AvgIpc) is 2.63. The van der Waals surface area contributed by atoms with Crippen LogP contribution < -0.4 is 17.0 Å². The van der Waals surface area contributed by atoms with Crippen molar-refractivity contribution in [3.63, 3.8) is 0 Å². The Kier molecular flexibility index (Phi) is 2.93. The summed E-state index contributed by atoms with van der Waals surface area (Å²) < 4.78 is 1.89. The van der Waals surface area contributed by atoms with Gasteiger partial charge in [-0.1, -0.05) is 0 Å². The summed E-state index contributed by atoms with van der Waals surface area (Å²) in [5.41, 5.74) is 7.97. The number of nitrogen functional groups attached to an aromatic ring is 2. The van der Waals surface area contributed by atoms with Gasteiger partial charge < -0.3 is 15.7 Å². The second kappa shape index (κ2) is 4.37. The third kappa shape index (κ3) is 2.23. The highest BCUT2D eigenvalue weighted by Gasteiger charge is 2.06. The van der Waals surface area contributed by atoms with E-state index in [-0.39, 0.29) is 5.95 Å². The maximum absolute atomic E-state index is 5.54. The number of anilines is 2. The summed E-state index contributed by atoms with van der Waals surface area (Å²) in [5, 5.41) is 1.51. The molecular formula is C8H11N7S. The molecule has 5 N–H and O–H groups in total. The van der Waals surface area contributed by atoms with Gasteiger partial charge in [-0.3, -0.25) is 0 Å². The zero-order chi connectivity index (χ0) is 11.5. The minimum atomic E-state index is 0.173. The van der Waals surface area contributed by atoms with Gasteiger partial charge in [0.2, 0.25) is 5.95 Å². The van der Waals surface area contributed by atoms with E-state index in [9.17, 15) is 0 Å². The van der Waals surface area contributed by atoms with E-state index in [4.69, 9.17) is 11.6 Å². The molecule has 2 aromatic heterocycles. The summed E-state index contributed by atoms with van der Waals surface area (Å²) in [6, 6.07) is 1.70. The Morgan fingerprint density at radius 2 is 2.25 bits per heavy atom. The van der Waals surface area contributed by atoms with Crippen LogP contribution in [0.3, 0.4) is 0 Å². The first kappa shape index (κ1) is 10.7. The van der Waals surface area contributed by atoms with E-state index in [0.717, 1.165) is 5.16 Å². The quantitative estimate of drug-likeness (QED) is 0.398. The van der Waals surface area contributed by atoms with E-state index in [0.29, 0.717) is 10.8 Å². The number of rotatable bonds is 3. The number of hydrogen-bond donors (Lipinski definition) is 3. The van der Waals surface area contributed by atoms with Gasteiger partial charge in [-0.05, 0) is 11.8 Å². The third-order valence-corrected chi connectivity index (χ3v) is 2.83. The molecule has 0 aromatic carbocycles. The van der Waals surface area contributed by atoms with Crippen LogP contribution in [0.5, 0.6) is 0 Å². The molecule has 0 fully saturated rings. The molecule has 2 aromatic rings. The maximum Gasteiger partial charge on any atom is 0.223 e. The van der Waals surface area contributed by atoms with Gasteiger partial charge in [0.1, 0.15) is 10.8 Å². The van der Waals surface area contributed by atoms with Crippen molar-refractivity contribution in [3.05, 3.63) is 18.5 Å². The molecule has 0 saturated carbocycles. The minimum absolute atomic E-state index is 0.173. The van der Waals surface area contributed by atoms with Gasteiger partial charge in [-0.25, -0.2) is 15.8 Å². The summed E-state index contributed by atoms with van der Waals surface area (Å²) in [6.07, 6.45) is 3.57. The van der Waals surface area contributed by atoms with Gasteiger partial charge in [0.25, 0.3) is 0 Å². The topological polar surface area (TPSA) is 108 Å². The largest absolute Gasteiger partial charge is 0.368 e. The molecule has 0 aliphatic heterocycles. The predicted octanol–water partition coefficient (Wildman–Crippen LogP) is 0.229. The number of nitrogens with two attached hydrogens (primary N) is 2. The molecule has 2 heterocycles. The Balaban J connectivity index is 2.28. The number of aromatic nitrogens is 4. The van der Waals surface area contributed by atoms with Gasteiger partial charge in [-0.2, -0.15) is 4.98 Å². The Labute approximate surface area is 96.3 Å². The molecule has 0 aliphatic carbocycles. The van der Waals surface area contributed by atoms with Gasteiger partial charge in [0.05, 0.1) is 0 Å². The first-order valence-electron chi connectivity index (χ1n) is 4.45. The number of nitrogens with one attached hydrogen (secondary N) is 1. The first-order chi connectivity index (χ1) is 7.69. The highest BCUT2D eigenvalue weighted by Crippen LogP contribution is 2.25. The standard InChI is InChI=1S/C8H11N7S/c1-15-3-2-11-8(15)16-6-4-5(14-10)12-7(9)13-6/h2-4H,10H2,1H3,(H3,9,12,13,14). The zero-order valence-electron chi connectivity index (χ0n) is 8.58. The predicted molar refractivity (Wildman–Crippen MR) is 61.6 cm³/mol. The SMILES string of the molecule is Cn1ccnc1Sc1cc(NN)nc(N)n1. The van der Waals surface area contributed by atoms with E-state index >= 15 is 0 Å². The molecule has 0 saturated heterocycles. The van der Waals surface area contributed by atoms with Crippen LogP contribution >= 0.6 is 11.8 Å². The highest BCUT2D eigenvalue weighted by molar-refractivity contribution is 7.99. The van der Waals surface area contributed by atoms with Crippen molar-refractivity contribution in [2.24, 2.45) is 12.9 Å². The van der Waals surface area contributed by atoms with Crippen molar-refractivity contribution < 1.29 is 0 Å². The lowest BCUT2D eigenvalue weighted by Gasteiger charge is -2.04. The van der Waals surface area contributed by atoms with E-state index in [1.807, 2.05) is 17.8 Å². The molecule has 0 aliphatic rings. The number of nitrogens with zero attached hydrogens (tertiary/aromatic N) is 4. The smallest absolute Gasteiger partial charge is 0.223 e. The molecule has 0 amide bonds. The Morgan fingerprint density at radius 1 is 1.44 bits per heavy atom. The van der Waals surface area contributed by atoms with Crippen molar-refractivity contribution in [1.82, 2.24) is 19.5 Å². The van der Waals surface area contributed by atoms with Gasteiger partial charge in [0.15, 0.2) is 5.16 Å². The first-order valence-corrected chi connectivity index (χ1v) is 5.27. The normalized spacial score (nSPS) is 10.4. The Hall–Kier alpha value is -1.80. The van der Waals surface area contributed by atoms with Crippen molar-refractivity contribution in [1.29, 1.82) is 0 Å². The zero-order valence-corrected chi connectivity index (χ0v) is 9.40. The molecule has 0 atom stereocenters. The summed E-state index contributed by atoms with van der Waals surface area (Å²) in [7, 11) is 1.90. The van der Waals surface area contributed by atoms with E-state index < -0.39 is 0 Å². The summed E-state index contributed by atoms with van der Waals surface area (Å²) in [6.45, 7) is 0. The van der Waals surface area contributed by atoms with E-state index in [2.05, 4.69) is 20.4 Å². The molecule has 7 nitrogen and oxygen atoms in total. The number of aryl methyl sites for hydroxylation is 1. The third-order valence-electron chi connectivity index (χ3n) is 1.84. The lowest BCUT2D eigenvalue weighted by atomic mass is 10.6. The maximum atomic E-state index is 5.54. The fraction of sp³-hybridized carbons (Fsp3) is 0.125. The van der Waals surface area contributed by atoms with Crippen molar-refractivity contribution in [3.8, 4) is 0 Å². The lowest BCUT2D eigenvalue weighted by Crippen LogP contribution is -2.10. The highest BCUT2D eigenvalue weighted by atomic mass is 32.2. The summed E-state index contributed by atoms with van der Waals surface area (Å²) >= 11 is 1.39. The van der Waals surface area contributed by atoms with E-state index in [1.54, 1.807) is 12.3 Å². The second-order valence-electron chi connectivity index (χ2n) is 3.02. The molecule has 0 bridgehead atoms. The van der Waals surface area contributed by atoms with Crippen LogP contribution in [0.2, 0.25) is 0 Å². The molecule has 0 spiro atoms. The van der Waals surface area contributed by atoms with Crippen LogP contribution in [0.25, 0.3) is 0 Å². The molecule has 0 radical (unpaired) electrons. The number of imidazole rings is 1. The lowest BCUT2D eigenvalue weighted by molar-refractivity contribution is 0.788. The monoisotopic (exact) mass is 237 g/mol. The number of hydrogen-bond acceptors (Lipinski definition) is 7. The molecule has 8 heteroatoms. The molecule has 2 rings (SSSR count). The van der Waals surface area contributed by atoms with Crippen LogP contribution in [-0.4, -0.2) is 19.5 Å². The van der Waals surface area contributed by atoms with Gasteiger partial charge in [-0.15, -0.1) is 0 Å². The van der Waals surface area contributed by atoms with Gasteiger partial charge >= 0.3 is 0 Å². The molecule has 84 valence electrons. The average molecular weight is 237 g/mol. The summed E-state index contributed by atoms with van der Waals surface area (Å²) in [5.74, 6) is 5.91. The minimum Gasteiger partial charge on any atom is -0.368 e. The van der Waals surface area contributed by atoms with Crippen molar-refractivity contribution in [2.75, 3.05) is 11.2 Å². The van der Waals surface area contributed by atoms with E-state index in [1.165, 1.54) is 11.8 Å². The van der Waals surface area contributed by atoms with Crippen LogP contribution in [0.1, 0.15) is 0 Å². The molecular weight excluding hydrogens is 226 g/mol. The number of hydrazine groups is 1. The fourth-order valence-electron chi connectivity index (χ4n) is 1.11. The van der Waals surface area contributed by atoms with Crippen LogP contribution in [0.15, 0.2) is 28.6 Å².